The van der Waals surface area contributed by atoms with E-state index in [1.807, 2.05) is 0 Å². The van der Waals surface area contributed by atoms with Crippen LogP contribution in [0.3, 0.4) is 0 Å². The molecule has 1 aliphatic heterocycles. The number of carbonyl (C=O) groups excluding carboxylic acids is 2. The van der Waals surface area contributed by atoms with E-state index in [1.165, 1.54) is 25.3 Å². The standard InChI is InChI=1S/C18H10Cl3F3N2O3/c1-29-13-5-3-9(7-11(13)20)25-15-14(21)16(27)26(17(15)28)12-6-8(18(22,23)24)2-4-10(12)19/h2-7,25H,1H3. The highest BCUT2D eigenvalue weighted by molar-refractivity contribution is 6.53. The van der Waals surface area contributed by atoms with Crippen LogP contribution in [-0.2, 0) is 15.8 Å². The van der Waals surface area contributed by atoms with Gasteiger partial charge in [0.2, 0.25) is 0 Å². The minimum atomic E-state index is -4.69. The van der Waals surface area contributed by atoms with E-state index in [0.717, 1.165) is 12.1 Å². The average molecular weight is 466 g/mol. The van der Waals surface area contributed by atoms with Crippen molar-refractivity contribution < 1.29 is 27.5 Å². The molecule has 0 atom stereocenters. The highest BCUT2D eigenvalue weighted by Gasteiger charge is 2.41. The van der Waals surface area contributed by atoms with Gasteiger partial charge in [-0.05, 0) is 36.4 Å². The van der Waals surface area contributed by atoms with Crippen LogP contribution in [0.4, 0.5) is 24.5 Å². The summed E-state index contributed by atoms with van der Waals surface area (Å²) in [5.41, 5.74) is -1.52. The molecule has 2 amide bonds. The first kappa shape index (κ1) is 21.3. The summed E-state index contributed by atoms with van der Waals surface area (Å²) in [5.74, 6) is -1.60. The van der Waals surface area contributed by atoms with Crippen LogP contribution in [-0.4, -0.2) is 18.9 Å². The number of alkyl halides is 3. The van der Waals surface area contributed by atoms with Crippen LogP contribution in [0.2, 0.25) is 10.0 Å². The molecule has 0 unspecified atom stereocenters. The lowest BCUT2D eigenvalue weighted by Crippen LogP contribution is -2.32. The Labute approximate surface area is 177 Å². The molecule has 0 bridgehead atoms. The molecule has 0 saturated carbocycles. The van der Waals surface area contributed by atoms with Gasteiger partial charge in [-0.25, -0.2) is 4.90 Å². The van der Waals surface area contributed by atoms with E-state index in [2.05, 4.69) is 5.32 Å². The Morgan fingerprint density at radius 1 is 0.966 bits per heavy atom. The van der Waals surface area contributed by atoms with Crippen LogP contribution < -0.4 is 15.0 Å². The molecule has 1 aliphatic rings. The SMILES string of the molecule is COc1ccc(NC2=C(Cl)C(=O)N(c3cc(C(F)(F)F)ccc3Cl)C2=O)cc1Cl. The maximum atomic E-state index is 13.0. The molecule has 0 radical (unpaired) electrons. The minimum Gasteiger partial charge on any atom is -0.495 e. The quantitative estimate of drug-likeness (QED) is 0.610. The summed E-state index contributed by atoms with van der Waals surface area (Å²) in [6, 6.07) is 6.75. The third-order valence-corrected chi connectivity index (χ3v) is 4.93. The summed E-state index contributed by atoms with van der Waals surface area (Å²) in [6.07, 6.45) is -4.69. The summed E-state index contributed by atoms with van der Waals surface area (Å²) < 4.78 is 44.1. The number of halogens is 6. The first-order valence-corrected chi connectivity index (χ1v) is 8.94. The Morgan fingerprint density at radius 3 is 2.24 bits per heavy atom. The Kier molecular flexibility index (Phi) is 5.71. The van der Waals surface area contributed by atoms with E-state index in [9.17, 15) is 22.8 Å². The molecule has 2 aromatic rings. The Bertz CT molecular complexity index is 1050. The zero-order chi connectivity index (χ0) is 21.5. The van der Waals surface area contributed by atoms with E-state index in [1.54, 1.807) is 0 Å². The molecule has 0 aliphatic carbocycles. The lowest BCUT2D eigenvalue weighted by molar-refractivity contribution is -0.137. The summed E-state index contributed by atoms with van der Waals surface area (Å²) in [5, 5.41) is 2.15. The highest BCUT2D eigenvalue weighted by Crippen LogP contribution is 2.39. The molecule has 11 heteroatoms. The highest BCUT2D eigenvalue weighted by atomic mass is 35.5. The van der Waals surface area contributed by atoms with Gasteiger partial charge in [0.1, 0.15) is 16.5 Å². The summed E-state index contributed by atoms with van der Waals surface area (Å²) in [6.45, 7) is 0. The van der Waals surface area contributed by atoms with Crippen LogP contribution in [0.5, 0.6) is 5.75 Å². The maximum absolute atomic E-state index is 13.0. The van der Waals surface area contributed by atoms with Gasteiger partial charge in [-0.1, -0.05) is 34.8 Å². The third kappa shape index (κ3) is 4.01. The first-order valence-electron chi connectivity index (χ1n) is 7.80. The molecule has 3 rings (SSSR count). The van der Waals surface area contributed by atoms with Gasteiger partial charge in [-0.3, -0.25) is 9.59 Å². The van der Waals surface area contributed by atoms with E-state index >= 15 is 0 Å². The van der Waals surface area contributed by atoms with E-state index in [0.29, 0.717) is 22.4 Å². The van der Waals surface area contributed by atoms with Crippen molar-refractivity contribution in [1.82, 2.24) is 0 Å². The maximum Gasteiger partial charge on any atom is 0.416 e. The number of imide groups is 1. The predicted molar refractivity (Wildman–Crippen MR) is 103 cm³/mol. The summed E-state index contributed by atoms with van der Waals surface area (Å²) in [4.78, 5) is 25.7. The van der Waals surface area contributed by atoms with Crippen LogP contribution in [0.1, 0.15) is 5.56 Å². The van der Waals surface area contributed by atoms with Crippen molar-refractivity contribution in [3.05, 3.63) is 62.7 Å². The molecule has 0 saturated heterocycles. The van der Waals surface area contributed by atoms with Crippen molar-refractivity contribution in [3.8, 4) is 5.75 Å². The largest absolute Gasteiger partial charge is 0.495 e. The number of hydrogen-bond acceptors (Lipinski definition) is 4. The smallest absolute Gasteiger partial charge is 0.416 e. The number of nitrogens with one attached hydrogen (secondary N) is 1. The van der Waals surface area contributed by atoms with Crippen LogP contribution in [0.25, 0.3) is 0 Å². The van der Waals surface area contributed by atoms with Gasteiger partial charge >= 0.3 is 6.18 Å². The van der Waals surface area contributed by atoms with Crippen molar-refractivity contribution in [3.63, 3.8) is 0 Å². The van der Waals surface area contributed by atoms with Crippen LogP contribution in [0, 0.1) is 0 Å². The predicted octanol–water partition coefficient (Wildman–Crippen LogP) is 5.46. The molecule has 0 spiro atoms. The number of hydrogen-bond donors (Lipinski definition) is 1. The second kappa shape index (κ2) is 7.78. The fourth-order valence-corrected chi connectivity index (χ4v) is 3.25. The Morgan fingerprint density at radius 2 is 1.66 bits per heavy atom. The van der Waals surface area contributed by atoms with Crippen molar-refractivity contribution in [2.75, 3.05) is 17.3 Å². The minimum absolute atomic E-state index is 0.224. The van der Waals surface area contributed by atoms with Crippen molar-refractivity contribution in [2.24, 2.45) is 0 Å². The van der Waals surface area contributed by atoms with Crippen molar-refractivity contribution in [2.45, 2.75) is 6.18 Å². The van der Waals surface area contributed by atoms with Gasteiger partial charge in [-0.2, -0.15) is 13.2 Å². The number of ether oxygens (including phenoxy) is 1. The molecule has 1 heterocycles. The molecule has 0 fully saturated rings. The molecule has 2 aromatic carbocycles. The number of nitrogens with zero attached hydrogens (tertiary/aromatic N) is 1. The topological polar surface area (TPSA) is 58.6 Å². The number of carbonyl (C=O) groups is 2. The van der Waals surface area contributed by atoms with Crippen molar-refractivity contribution in [1.29, 1.82) is 0 Å². The van der Waals surface area contributed by atoms with Gasteiger partial charge in [0.05, 0.1) is 28.4 Å². The van der Waals surface area contributed by atoms with E-state index in [4.69, 9.17) is 39.5 Å². The zero-order valence-corrected chi connectivity index (χ0v) is 16.7. The number of anilines is 2. The van der Waals surface area contributed by atoms with Gasteiger partial charge < -0.3 is 10.1 Å². The number of amides is 2. The van der Waals surface area contributed by atoms with Gasteiger partial charge in [-0.15, -0.1) is 0 Å². The lowest BCUT2D eigenvalue weighted by atomic mass is 10.2. The van der Waals surface area contributed by atoms with E-state index < -0.39 is 34.3 Å². The van der Waals surface area contributed by atoms with Gasteiger partial charge in [0.15, 0.2) is 0 Å². The molecular weight excluding hydrogens is 456 g/mol. The first-order chi connectivity index (χ1) is 13.5. The molecule has 5 nitrogen and oxygen atoms in total. The molecular formula is C18H10Cl3F3N2O3. The third-order valence-electron chi connectivity index (χ3n) is 3.96. The van der Waals surface area contributed by atoms with Crippen LogP contribution in [0.15, 0.2) is 47.1 Å². The Hall–Kier alpha value is -2.42. The second-order valence-corrected chi connectivity index (χ2v) is 6.97. The molecule has 29 heavy (non-hydrogen) atoms. The molecule has 152 valence electrons. The monoisotopic (exact) mass is 464 g/mol. The summed E-state index contributed by atoms with van der Waals surface area (Å²) in [7, 11) is 1.42. The summed E-state index contributed by atoms with van der Waals surface area (Å²) >= 11 is 17.9. The lowest BCUT2D eigenvalue weighted by Gasteiger charge is -2.18. The van der Waals surface area contributed by atoms with Crippen molar-refractivity contribution >= 4 is 58.0 Å². The molecule has 1 N–H and O–H groups in total. The zero-order valence-electron chi connectivity index (χ0n) is 14.4. The fourth-order valence-electron chi connectivity index (χ4n) is 2.58. The molecule has 0 aromatic heterocycles. The number of benzene rings is 2. The average Bonchev–Trinajstić information content (AvgIpc) is 2.85. The second-order valence-electron chi connectivity index (χ2n) is 5.77. The van der Waals surface area contributed by atoms with Gasteiger partial charge in [0.25, 0.3) is 11.8 Å². The van der Waals surface area contributed by atoms with E-state index in [-0.39, 0.29) is 15.7 Å². The fraction of sp³-hybridized carbons (Fsp3) is 0.111. The number of methoxy groups -OCH3 is 1. The van der Waals surface area contributed by atoms with Crippen LogP contribution >= 0.6 is 34.8 Å². The van der Waals surface area contributed by atoms with Gasteiger partial charge in [0, 0.05) is 5.69 Å². The Balaban J connectivity index is 1.96. The normalized spacial score (nSPS) is 14.7. The number of rotatable bonds is 4.